The number of carbonyl (C=O) groups is 1. The lowest BCUT2D eigenvalue weighted by atomic mass is 10.1. The molecule has 0 bridgehead atoms. The molecule has 24 heavy (non-hydrogen) atoms. The summed E-state index contributed by atoms with van der Waals surface area (Å²) >= 11 is 1.75. The zero-order valence-electron chi connectivity index (χ0n) is 13.9. The van der Waals surface area contributed by atoms with Crippen molar-refractivity contribution in [1.29, 1.82) is 0 Å². The number of hydrogen-bond acceptors (Lipinski definition) is 5. The van der Waals surface area contributed by atoms with E-state index < -0.39 is 0 Å². The molecule has 1 aliphatic heterocycles. The Hall–Kier alpha value is -1.83. The molecule has 0 aliphatic carbocycles. The van der Waals surface area contributed by atoms with Crippen LogP contribution >= 0.6 is 11.3 Å². The molecule has 130 valence electrons. The number of furan rings is 1. The van der Waals surface area contributed by atoms with Crippen molar-refractivity contribution in [3.05, 3.63) is 46.5 Å². The van der Waals surface area contributed by atoms with Crippen LogP contribution in [0, 0.1) is 0 Å². The number of amides is 2. The third kappa shape index (κ3) is 4.59. The van der Waals surface area contributed by atoms with Crippen LogP contribution in [0.5, 0.6) is 0 Å². The summed E-state index contributed by atoms with van der Waals surface area (Å²) in [5.41, 5.74) is 0. The minimum absolute atomic E-state index is 0.165. The van der Waals surface area contributed by atoms with Crippen LogP contribution in [0.15, 0.2) is 40.3 Å². The molecule has 1 fully saturated rings. The van der Waals surface area contributed by atoms with Crippen molar-refractivity contribution in [1.82, 2.24) is 20.4 Å². The quantitative estimate of drug-likeness (QED) is 0.840. The molecule has 0 aromatic carbocycles. The van der Waals surface area contributed by atoms with E-state index in [0.717, 1.165) is 31.9 Å². The molecule has 1 atom stereocenters. The fourth-order valence-corrected chi connectivity index (χ4v) is 3.72. The summed E-state index contributed by atoms with van der Waals surface area (Å²) < 4.78 is 5.22. The van der Waals surface area contributed by atoms with Gasteiger partial charge in [-0.15, -0.1) is 11.3 Å². The molecule has 2 N–H and O–H groups in total. The van der Waals surface area contributed by atoms with E-state index in [0.29, 0.717) is 13.1 Å². The highest BCUT2D eigenvalue weighted by molar-refractivity contribution is 7.10. The van der Waals surface area contributed by atoms with Crippen molar-refractivity contribution in [3.63, 3.8) is 0 Å². The van der Waals surface area contributed by atoms with Crippen LogP contribution in [0.1, 0.15) is 16.7 Å². The van der Waals surface area contributed by atoms with E-state index in [9.17, 15) is 4.79 Å². The Morgan fingerprint density at radius 3 is 2.75 bits per heavy atom. The number of hydrogen-bond donors (Lipinski definition) is 2. The highest BCUT2D eigenvalue weighted by Gasteiger charge is 2.25. The first-order valence-corrected chi connectivity index (χ1v) is 9.10. The van der Waals surface area contributed by atoms with Gasteiger partial charge in [-0.1, -0.05) is 6.07 Å². The second-order valence-electron chi connectivity index (χ2n) is 6.01. The summed E-state index contributed by atoms with van der Waals surface area (Å²) in [5.74, 6) is 0.749. The smallest absolute Gasteiger partial charge is 0.315 e. The first-order chi connectivity index (χ1) is 11.7. The molecular weight excluding hydrogens is 324 g/mol. The molecule has 3 rings (SSSR count). The molecule has 0 radical (unpaired) electrons. The number of likely N-dealkylation sites (N-methyl/N-ethyl adjacent to an activating group) is 1. The van der Waals surface area contributed by atoms with Gasteiger partial charge in [0.15, 0.2) is 0 Å². The fraction of sp³-hybridized carbons (Fsp3) is 0.471. The lowest BCUT2D eigenvalue weighted by Crippen LogP contribution is -2.49. The van der Waals surface area contributed by atoms with Crippen molar-refractivity contribution in [2.75, 3.05) is 39.8 Å². The standard InChI is InChI=1S/C17H24N4O2S/c1-20-6-8-21(9-7-20)15(16-5-3-11-24-16)13-19-17(22)18-12-14-4-2-10-23-14/h2-5,10-11,15H,6-9,12-13H2,1H3,(H2,18,19,22)/t15-/m0/s1. The summed E-state index contributed by atoms with van der Waals surface area (Å²) in [6.07, 6.45) is 1.61. The zero-order valence-corrected chi connectivity index (χ0v) is 14.7. The predicted octanol–water partition coefficient (Wildman–Crippen LogP) is 2.13. The summed E-state index contributed by atoms with van der Waals surface area (Å²) in [7, 11) is 2.15. The van der Waals surface area contributed by atoms with Crippen molar-refractivity contribution < 1.29 is 9.21 Å². The van der Waals surface area contributed by atoms with Gasteiger partial charge in [0.2, 0.25) is 0 Å². The molecule has 7 heteroatoms. The van der Waals surface area contributed by atoms with Crippen LogP contribution < -0.4 is 10.6 Å². The van der Waals surface area contributed by atoms with Gasteiger partial charge in [-0.3, -0.25) is 4.90 Å². The minimum Gasteiger partial charge on any atom is -0.467 e. The lowest BCUT2D eigenvalue weighted by molar-refractivity contribution is 0.112. The normalized spacial score (nSPS) is 17.5. The molecule has 1 aliphatic rings. The molecule has 0 spiro atoms. The van der Waals surface area contributed by atoms with E-state index in [4.69, 9.17) is 4.42 Å². The van der Waals surface area contributed by atoms with Crippen LogP contribution in [-0.2, 0) is 6.54 Å². The number of thiophene rings is 1. The molecular formula is C17H24N4O2S. The summed E-state index contributed by atoms with van der Waals surface area (Å²) in [6, 6.07) is 7.94. The van der Waals surface area contributed by atoms with Gasteiger partial charge in [-0.05, 0) is 30.6 Å². The van der Waals surface area contributed by atoms with Crippen LogP contribution in [0.25, 0.3) is 0 Å². The van der Waals surface area contributed by atoms with Crippen molar-refractivity contribution in [2.45, 2.75) is 12.6 Å². The van der Waals surface area contributed by atoms with Gasteiger partial charge in [0.05, 0.1) is 18.8 Å². The van der Waals surface area contributed by atoms with Gasteiger partial charge in [-0.25, -0.2) is 4.79 Å². The predicted molar refractivity (Wildman–Crippen MR) is 95.1 cm³/mol. The summed E-state index contributed by atoms with van der Waals surface area (Å²) in [6.45, 7) is 5.17. The second-order valence-corrected chi connectivity index (χ2v) is 6.99. The van der Waals surface area contributed by atoms with E-state index in [1.165, 1.54) is 4.88 Å². The summed E-state index contributed by atoms with van der Waals surface area (Å²) in [5, 5.41) is 7.92. The zero-order chi connectivity index (χ0) is 16.8. The Morgan fingerprint density at radius 1 is 1.25 bits per heavy atom. The lowest BCUT2D eigenvalue weighted by Gasteiger charge is -2.37. The Kier molecular flexibility index (Phi) is 5.90. The number of piperazine rings is 1. The number of nitrogens with zero attached hydrogens (tertiary/aromatic N) is 2. The van der Waals surface area contributed by atoms with Crippen molar-refractivity contribution >= 4 is 17.4 Å². The molecule has 2 aromatic rings. The first kappa shape index (κ1) is 17.0. The van der Waals surface area contributed by atoms with Gasteiger partial charge >= 0.3 is 6.03 Å². The molecule has 2 aromatic heterocycles. The number of rotatable bonds is 6. The van der Waals surface area contributed by atoms with Gasteiger partial charge in [-0.2, -0.15) is 0 Å². The van der Waals surface area contributed by atoms with E-state index in [1.807, 2.05) is 12.1 Å². The molecule has 2 amide bonds. The number of carbonyl (C=O) groups excluding carboxylic acids is 1. The highest BCUT2D eigenvalue weighted by atomic mass is 32.1. The Labute approximate surface area is 146 Å². The van der Waals surface area contributed by atoms with Crippen LogP contribution in [0.3, 0.4) is 0 Å². The van der Waals surface area contributed by atoms with E-state index in [1.54, 1.807) is 17.6 Å². The first-order valence-electron chi connectivity index (χ1n) is 8.22. The topological polar surface area (TPSA) is 60.8 Å². The fourth-order valence-electron chi connectivity index (χ4n) is 2.86. The monoisotopic (exact) mass is 348 g/mol. The maximum atomic E-state index is 12.1. The molecule has 0 saturated carbocycles. The number of nitrogens with one attached hydrogen (secondary N) is 2. The van der Waals surface area contributed by atoms with E-state index in [-0.39, 0.29) is 12.1 Å². The van der Waals surface area contributed by atoms with Crippen molar-refractivity contribution in [3.8, 4) is 0 Å². The Balaban J connectivity index is 1.53. The van der Waals surface area contributed by atoms with Gasteiger partial charge in [0.1, 0.15) is 5.76 Å². The molecule has 0 unspecified atom stereocenters. The number of urea groups is 1. The molecule has 6 nitrogen and oxygen atoms in total. The van der Waals surface area contributed by atoms with Gasteiger partial charge < -0.3 is 20.0 Å². The summed E-state index contributed by atoms with van der Waals surface area (Å²) in [4.78, 5) is 18.2. The van der Waals surface area contributed by atoms with Crippen LogP contribution in [0.2, 0.25) is 0 Å². The van der Waals surface area contributed by atoms with Gasteiger partial charge in [0.25, 0.3) is 0 Å². The average Bonchev–Trinajstić information content (AvgIpc) is 3.28. The average molecular weight is 348 g/mol. The highest BCUT2D eigenvalue weighted by Crippen LogP contribution is 2.25. The maximum Gasteiger partial charge on any atom is 0.315 e. The third-order valence-electron chi connectivity index (χ3n) is 4.31. The molecule has 3 heterocycles. The Morgan fingerprint density at radius 2 is 2.08 bits per heavy atom. The van der Waals surface area contributed by atoms with Gasteiger partial charge in [0, 0.05) is 37.6 Å². The van der Waals surface area contributed by atoms with Crippen LogP contribution in [-0.4, -0.2) is 55.6 Å². The second kappa shape index (κ2) is 8.32. The Bertz CT molecular complexity index is 607. The van der Waals surface area contributed by atoms with E-state index in [2.05, 4.69) is 45.0 Å². The van der Waals surface area contributed by atoms with Crippen molar-refractivity contribution in [2.24, 2.45) is 0 Å². The maximum absolute atomic E-state index is 12.1. The minimum atomic E-state index is -0.165. The van der Waals surface area contributed by atoms with E-state index >= 15 is 0 Å². The van der Waals surface area contributed by atoms with Crippen LogP contribution in [0.4, 0.5) is 4.79 Å². The largest absolute Gasteiger partial charge is 0.467 e. The third-order valence-corrected chi connectivity index (χ3v) is 5.28. The molecule has 1 saturated heterocycles. The SMILES string of the molecule is CN1CCN([C@@H](CNC(=O)NCc2ccco2)c2cccs2)CC1.